The van der Waals surface area contributed by atoms with Crippen LogP contribution < -0.4 is 4.74 Å². The Morgan fingerprint density at radius 3 is 2.94 bits per heavy atom. The molecule has 33 heavy (non-hydrogen) atoms. The molecule has 178 valence electrons. The Balaban J connectivity index is 1.27. The summed E-state index contributed by atoms with van der Waals surface area (Å²) in [7, 11) is 1.65. The maximum Gasteiger partial charge on any atom is 0.149 e. The molecule has 1 fully saturated rings. The number of benzene rings is 1. The molecule has 2 aromatic heterocycles. The van der Waals surface area contributed by atoms with Crippen LogP contribution in [-0.2, 0) is 0 Å². The van der Waals surface area contributed by atoms with Crippen LogP contribution in [0, 0.1) is 11.8 Å². The number of fused-ring (bicyclic) bond motifs is 1. The van der Waals surface area contributed by atoms with E-state index in [4.69, 9.17) is 4.74 Å². The number of aromatic nitrogens is 2. The van der Waals surface area contributed by atoms with Gasteiger partial charge in [0.15, 0.2) is 0 Å². The normalized spacial score (nSPS) is 20.2. The Labute approximate surface area is 204 Å². The number of pyridine rings is 1. The fourth-order valence-corrected chi connectivity index (χ4v) is 6.40. The van der Waals surface area contributed by atoms with E-state index in [9.17, 15) is 10.2 Å². The Kier molecular flexibility index (Phi) is 8.97. The Morgan fingerprint density at radius 1 is 1.24 bits per heavy atom. The number of rotatable bonds is 11. The van der Waals surface area contributed by atoms with E-state index in [1.54, 1.807) is 24.6 Å². The van der Waals surface area contributed by atoms with Crippen molar-refractivity contribution in [2.45, 2.75) is 36.1 Å². The number of hydrogen-bond donors (Lipinski definition) is 2. The molecule has 0 unspecified atom stereocenters. The summed E-state index contributed by atoms with van der Waals surface area (Å²) in [5, 5.41) is 24.0. The number of thiazole rings is 1. The second-order valence-corrected chi connectivity index (χ2v) is 10.9. The van der Waals surface area contributed by atoms with Gasteiger partial charge >= 0.3 is 0 Å². The van der Waals surface area contributed by atoms with Crippen molar-refractivity contribution in [3.8, 4) is 5.75 Å². The fourth-order valence-electron chi connectivity index (χ4n) is 4.77. The van der Waals surface area contributed by atoms with Gasteiger partial charge in [-0.25, -0.2) is 4.98 Å². The van der Waals surface area contributed by atoms with Gasteiger partial charge in [-0.15, -0.1) is 11.3 Å². The highest BCUT2D eigenvalue weighted by atomic mass is 32.2. The molecule has 0 radical (unpaired) electrons. The van der Waals surface area contributed by atoms with Gasteiger partial charge in [0.25, 0.3) is 0 Å². The summed E-state index contributed by atoms with van der Waals surface area (Å²) in [6.07, 6.45) is 6.86. The highest BCUT2D eigenvalue weighted by molar-refractivity contribution is 8.00. The van der Waals surface area contributed by atoms with E-state index < -0.39 is 6.10 Å². The number of aliphatic hydroxyl groups is 2. The Morgan fingerprint density at radius 2 is 2.15 bits per heavy atom. The van der Waals surface area contributed by atoms with Gasteiger partial charge in [0, 0.05) is 42.1 Å². The predicted octanol–water partition coefficient (Wildman–Crippen LogP) is 4.63. The number of ether oxygens (including phenoxy) is 1. The molecule has 0 saturated carbocycles. The first-order valence-electron chi connectivity index (χ1n) is 11.6. The highest BCUT2D eigenvalue weighted by Crippen LogP contribution is 2.33. The minimum atomic E-state index is -0.553. The van der Waals surface area contributed by atoms with E-state index in [0.29, 0.717) is 12.3 Å². The molecule has 2 N–H and O–H groups in total. The molecule has 0 aliphatic carbocycles. The lowest BCUT2D eigenvalue weighted by molar-refractivity contribution is 0.0581. The van der Waals surface area contributed by atoms with Crippen LogP contribution in [-0.4, -0.2) is 64.2 Å². The van der Waals surface area contributed by atoms with Crippen LogP contribution >= 0.6 is 23.1 Å². The van der Waals surface area contributed by atoms with E-state index >= 15 is 0 Å². The van der Waals surface area contributed by atoms with Crippen LogP contribution in [0.25, 0.3) is 10.9 Å². The first-order valence-corrected chi connectivity index (χ1v) is 13.5. The average molecular weight is 488 g/mol. The number of hydrogen-bond acceptors (Lipinski definition) is 8. The summed E-state index contributed by atoms with van der Waals surface area (Å²) >= 11 is 3.52. The molecule has 1 aliphatic rings. The third kappa shape index (κ3) is 6.45. The van der Waals surface area contributed by atoms with E-state index in [1.807, 2.05) is 47.6 Å². The third-order valence-electron chi connectivity index (χ3n) is 6.62. The van der Waals surface area contributed by atoms with Crippen molar-refractivity contribution in [1.29, 1.82) is 0 Å². The molecule has 0 bridgehead atoms. The van der Waals surface area contributed by atoms with E-state index in [-0.39, 0.29) is 12.5 Å². The molecule has 0 spiro atoms. The lowest BCUT2D eigenvalue weighted by Gasteiger charge is -2.38. The number of aliphatic hydroxyl groups excluding tert-OH is 2. The topological polar surface area (TPSA) is 78.7 Å². The number of piperidine rings is 1. The molecular formula is C25H33N3O3S2. The maximum absolute atomic E-state index is 11.0. The zero-order valence-electron chi connectivity index (χ0n) is 19.1. The standard InChI is InChI=1S/C25H33N3O3S2/c1-31-20-4-5-23-22(15-20)21(7-9-26-23)24(30)6-3-18-8-12-28(16-19(18)17-29)11-2-13-32-25-27-10-14-33-25/h4-5,7,9-10,14-15,18-19,24,29-30H,2-3,6,8,11-13,16-17H2,1H3/t18-,19-,24-/m1/s1. The van der Waals surface area contributed by atoms with Gasteiger partial charge in [0.2, 0.25) is 0 Å². The number of nitrogens with zero attached hydrogens (tertiary/aromatic N) is 3. The first-order chi connectivity index (χ1) is 16.2. The van der Waals surface area contributed by atoms with Crippen LogP contribution in [0.1, 0.15) is 37.4 Å². The molecular weight excluding hydrogens is 454 g/mol. The van der Waals surface area contributed by atoms with Crippen molar-refractivity contribution < 1.29 is 14.9 Å². The summed E-state index contributed by atoms with van der Waals surface area (Å²) in [5.41, 5.74) is 1.76. The van der Waals surface area contributed by atoms with Crippen LogP contribution in [0.15, 0.2) is 46.4 Å². The molecule has 1 aliphatic heterocycles. The number of likely N-dealkylation sites (tertiary alicyclic amines) is 1. The van der Waals surface area contributed by atoms with Gasteiger partial charge < -0.3 is 19.8 Å². The smallest absolute Gasteiger partial charge is 0.149 e. The Hall–Kier alpha value is -1.71. The second kappa shape index (κ2) is 12.1. The van der Waals surface area contributed by atoms with E-state index in [1.165, 1.54) is 0 Å². The van der Waals surface area contributed by atoms with Crippen LogP contribution in [0.5, 0.6) is 5.75 Å². The molecule has 3 heterocycles. The molecule has 1 saturated heterocycles. The van der Waals surface area contributed by atoms with Crippen molar-refractivity contribution in [1.82, 2.24) is 14.9 Å². The van der Waals surface area contributed by atoms with Crippen molar-refractivity contribution in [3.05, 3.63) is 47.6 Å². The predicted molar refractivity (Wildman–Crippen MR) is 135 cm³/mol. The van der Waals surface area contributed by atoms with Crippen molar-refractivity contribution in [2.24, 2.45) is 11.8 Å². The van der Waals surface area contributed by atoms with Crippen molar-refractivity contribution in [2.75, 3.05) is 39.1 Å². The average Bonchev–Trinajstić information content (AvgIpc) is 3.38. The van der Waals surface area contributed by atoms with Crippen molar-refractivity contribution >= 4 is 34.0 Å². The molecule has 6 nitrogen and oxygen atoms in total. The highest BCUT2D eigenvalue weighted by Gasteiger charge is 2.29. The monoisotopic (exact) mass is 487 g/mol. The summed E-state index contributed by atoms with van der Waals surface area (Å²) < 4.78 is 6.50. The van der Waals surface area contributed by atoms with Gasteiger partial charge in [-0.2, -0.15) is 0 Å². The number of methoxy groups -OCH3 is 1. The second-order valence-electron chi connectivity index (χ2n) is 8.67. The van der Waals surface area contributed by atoms with E-state index in [0.717, 1.165) is 71.2 Å². The molecule has 3 aromatic rings. The lowest BCUT2D eigenvalue weighted by Crippen LogP contribution is -2.42. The van der Waals surface area contributed by atoms with Gasteiger partial charge in [-0.1, -0.05) is 11.8 Å². The minimum absolute atomic E-state index is 0.209. The van der Waals surface area contributed by atoms with Crippen LogP contribution in [0.2, 0.25) is 0 Å². The molecule has 1 aromatic carbocycles. The van der Waals surface area contributed by atoms with Gasteiger partial charge in [0.05, 0.1) is 18.7 Å². The summed E-state index contributed by atoms with van der Waals surface area (Å²) in [5.74, 6) is 2.55. The largest absolute Gasteiger partial charge is 0.497 e. The SMILES string of the molecule is COc1ccc2nccc([C@H](O)CC[C@@H]3CCN(CCCSc4nccs4)C[C@@H]3CO)c2c1. The minimum Gasteiger partial charge on any atom is -0.497 e. The molecule has 0 amide bonds. The zero-order chi connectivity index (χ0) is 23.0. The quantitative estimate of drug-likeness (QED) is 0.302. The lowest BCUT2D eigenvalue weighted by atomic mass is 9.81. The van der Waals surface area contributed by atoms with Gasteiger partial charge in [-0.05, 0) is 80.4 Å². The van der Waals surface area contributed by atoms with Crippen LogP contribution in [0.3, 0.4) is 0 Å². The Bertz CT molecular complexity index is 1000. The van der Waals surface area contributed by atoms with Crippen LogP contribution in [0.4, 0.5) is 0 Å². The van der Waals surface area contributed by atoms with Crippen molar-refractivity contribution in [3.63, 3.8) is 0 Å². The van der Waals surface area contributed by atoms with Gasteiger partial charge in [0.1, 0.15) is 10.1 Å². The summed E-state index contributed by atoms with van der Waals surface area (Å²) in [6.45, 7) is 3.28. The summed E-state index contributed by atoms with van der Waals surface area (Å²) in [6, 6.07) is 7.67. The molecule has 3 atom stereocenters. The first kappa shape index (κ1) is 24.4. The maximum atomic E-state index is 11.0. The summed E-state index contributed by atoms with van der Waals surface area (Å²) in [4.78, 5) is 11.2. The third-order valence-corrected chi connectivity index (χ3v) is 8.67. The zero-order valence-corrected chi connectivity index (χ0v) is 20.7. The number of thioether (sulfide) groups is 1. The van der Waals surface area contributed by atoms with E-state index in [2.05, 4.69) is 14.9 Å². The molecule has 4 rings (SSSR count). The molecule has 8 heteroatoms. The fraction of sp³-hybridized carbons (Fsp3) is 0.520. The van der Waals surface area contributed by atoms with Gasteiger partial charge in [-0.3, -0.25) is 4.98 Å².